The Labute approximate surface area is 108 Å². The summed E-state index contributed by atoms with van der Waals surface area (Å²) >= 11 is 0. The summed E-state index contributed by atoms with van der Waals surface area (Å²) in [7, 11) is 0. The average molecular weight is 264 g/mol. The number of carboxylic acids is 1. The molecule has 2 aromatic rings. The monoisotopic (exact) mass is 264 g/mol. The quantitative estimate of drug-likeness (QED) is 0.764. The number of halogens is 1. The molecule has 6 heteroatoms. The van der Waals surface area contributed by atoms with Crippen LogP contribution in [-0.2, 0) is 16.0 Å². The maximum absolute atomic E-state index is 13.1. The van der Waals surface area contributed by atoms with E-state index in [9.17, 15) is 14.0 Å². The standard InChI is InChI=1S/C13H13FN2O3/c14-9-1-2-11-10(6-9)8(7-16-11)5-12(17)15-4-3-13(18)19/h1-2,6-7,16H,3-5H2,(H,15,17)(H,18,19). The first kappa shape index (κ1) is 13.1. The molecule has 0 unspecified atom stereocenters. The Balaban J connectivity index is 2.02. The van der Waals surface area contributed by atoms with E-state index in [1.54, 1.807) is 12.3 Å². The zero-order chi connectivity index (χ0) is 13.8. The number of H-pyrrole nitrogens is 1. The molecule has 19 heavy (non-hydrogen) atoms. The molecular formula is C13H13FN2O3. The second-order valence-electron chi connectivity index (χ2n) is 4.17. The van der Waals surface area contributed by atoms with Gasteiger partial charge in [-0.25, -0.2) is 4.39 Å². The van der Waals surface area contributed by atoms with Gasteiger partial charge in [-0.05, 0) is 23.8 Å². The lowest BCUT2D eigenvalue weighted by atomic mass is 10.1. The highest BCUT2D eigenvalue weighted by Crippen LogP contribution is 2.19. The fourth-order valence-corrected chi connectivity index (χ4v) is 1.84. The number of aromatic amines is 1. The minimum Gasteiger partial charge on any atom is -0.481 e. The second kappa shape index (κ2) is 5.51. The smallest absolute Gasteiger partial charge is 0.305 e. The molecule has 0 fully saturated rings. The lowest BCUT2D eigenvalue weighted by molar-refractivity contribution is -0.136. The van der Waals surface area contributed by atoms with E-state index in [1.165, 1.54) is 12.1 Å². The summed E-state index contributed by atoms with van der Waals surface area (Å²) in [5, 5.41) is 11.6. The number of amides is 1. The number of aromatic nitrogens is 1. The van der Waals surface area contributed by atoms with Crippen molar-refractivity contribution < 1.29 is 19.1 Å². The highest BCUT2D eigenvalue weighted by atomic mass is 19.1. The highest BCUT2D eigenvalue weighted by Gasteiger charge is 2.09. The normalized spacial score (nSPS) is 10.6. The van der Waals surface area contributed by atoms with Crippen molar-refractivity contribution in [3.05, 3.63) is 35.8 Å². The molecule has 0 bridgehead atoms. The average Bonchev–Trinajstić information content (AvgIpc) is 2.71. The van der Waals surface area contributed by atoms with Crippen LogP contribution in [-0.4, -0.2) is 28.5 Å². The van der Waals surface area contributed by atoms with Gasteiger partial charge in [-0.1, -0.05) is 0 Å². The summed E-state index contributed by atoms with van der Waals surface area (Å²) in [6.07, 6.45) is 1.62. The molecule has 0 aliphatic carbocycles. The van der Waals surface area contributed by atoms with E-state index in [0.29, 0.717) is 10.9 Å². The fourth-order valence-electron chi connectivity index (χ4n) is 1.84. The van der Waals surface area contributed by atoms with Crippen LogP contribution >= 0.6 is 0 Å². The first-order valence-electron chi connectivity index (χ1n) is 5.80. The van der Waals surface area contributed by atoms with Gasteiger partial charge in [0, 0.05) is 23.6 Å². The van der Waals surface area contributed by atoms with Crippen LogP contribution in [0.15, 0.2) is 24.4 Å². The Morgan fingerprint density at radius 1 is 1.37 bits per heavy atom. The Hall–Kier alpha value is -2.37. The van der Waals surface area contributed by atoms with Crippen LogP contribution in [0.25, 0.3) is 10.9 Å². The number of nitrogens with one attached hydrogen (secondary N) is 2. The van der Waals surface area contributed by atoms with Crippen LogP contribution in [0, 0.1) is 5.82 Å². The molecule has 0 saturated carbocycles. The van der Waals surface area contributed by atoms with Crippen LogP contribution in [0.4, 0.5) is 4.39 Å². The van der Waals surface area contributed by atoms with Crippen LogP contribution in [0.1, 0.15) is 12.0 Å². The molecule has 1 heterocycles. The number of hydrogen-bond acceptors (Lipinski definition) is 2. The van der Waals surface area contributed by atoms with Crippen molar-refractivity contribution >= 4 is 22.8 Å². The lowest BCUT2D eigenvalue weighted by Crippen LogP contribution is -2.27. The van der Waals surface area contributed by atoms with Gasteiger partial charge < -0.3 is 15.4 Å². The number of carboxylic acid groups (broad SMARTS) is 1. The van der Waals surface area contributed by atoms with Gasteiger partial charge in [-0.2, -0.15) is 0 Å². The van der Waals surface area contributed by atoms with E-state index in [0.717, 1.165) is 5.52 Å². The van der Waals surface area contributed by atoms with E-state index in [-0.39, 0.29) is 31.1 Å². The van der Waals surface area contributed by atoms with Gasteiger partial charge in [0.05, 0.1) is 12.8 Å². The topological polar surface area (TPSA) is 82.2 Å². The minimum absolute atomic E-state index is 0.0864. The number of benzene rings is 1. The van der Waals surface area contributed by atoms with Crippen molar-refractivity contribution in [3.63, 3.8) is 0 Å². The van der Waals surface area contributed by atoms with Gasteiger partial charge in [0.1, 0.15) is 5.82 Å². The third kappa shape index (κ3) is 3.31. The zero-order valence-electron chi connectivity index (χ0n) is 10.1. The van der Waals surface area contributed by atoms with E-state index in [4.69, 9.17) is 5.11 Å². The molecule has 1 amide bonds. The Kier molecular flexibility index (Phi) is 3.79. The molecule has 1 aromatic carbocycles. The molecule has 0 aliphatic rings. The van der Waals surface area contributed by atoms with Gasteiger partial charge in [0.2, 0.25) is 5.91 Å². The molecular weight excluding hydrogens is 251 g/mol. The van der Waals surface area contributed by atoms with Crippen molar-refractivity contribution in [1.82, 2.24) is 10.3 Å². The lowest BCUT2D eigenvalue weighted by Gasteiger charge is -2.02. The van der Waals surface area contributed by atoms with E-state index in [1.807, 2.05) is 0 Å². The van der Waals surface area contributed by atoms with Crippen LogP contribution in [0.2, 0.25) is 0 Å². The number of fused-ring (bicyclic) bond motifs is 1. The molecule has 2 rings (SSSR count). The molecule has 0 atom stereocenters. The molecule has 5 nitrogen and oxygen atoms in total. The number of carbonyl (C=O) groups excluding carboxylic acids is 1. The molecule has 100 valence electrons. The molecule has 0 radical (unpaired) electrons. The molecule has 0 saturated heterocycles. The summed E-state index contributed by atoms with van der Waals surface area (Å²) in [5.74, 6) is -1.61. The largest absolute Gasteiger partial charge is 0.481 e. The first-order valence-corrected chi connectivity index (χ1v) is 5.80. The van der Waals surface area contributed by atoms with Crippen LogP contribution < -0.4 is 5.32 Å². The predicted molar refractivity (Wildman–Crippen MR) is 67.2 cm³/mol. The van der Waals surface area contributed by atoms with E-state index >= 15 is 0 Å². The zero-order valence-corrected chi connectivity index (χ0v) is 10.1. The number of hydrogen-bond donors (Lipinski definition) is 3. The van der Waals surface area contributed by atoms with Crippen molar-refractivity contribution in [3.8, 4) is 0 Å². The van der Waals surface area contributed by atoms with Crippen LogP contribution in [0.3, 0.4) is 0 Å². The Morgan fingerprint density at radius 3 is 2.89 bits per heavy atom. The van der Waals surface area contributed by atoms with Crippen molar-refractivity contribution in [2.75, 3.05) is 6.54 Å². The van der Waals surface area contributed by atoms with E-state index < -0.39 is 5.97 Å². The van der Waals surface area contributed by atoms with Crippen molar-refractivity contribution in [1.29, 1.82) is 0 Å². The summed E-state index contributed by atoms with van der Waals surface area (Å²) in [4.78, 5) is 24.9. The molecule has 0 spiro atoms. The third-order valence-corrected chi connectivity index (χ3v) is 2.74. The summed E-state index contributed by atoms with van der Waals surface area (Å²) in [6, 6.07) is 4.32. The Morgan fingerprint density at radius 2 is 2.16 bits per heavy atom. The van der Waals surface area contributed by atoms with Crippen LogP contribution in [0.5, 0.6) is 0 Å². The number of rotatable bonds is 5. The minimum atomic E-state index is -0.963. The maximum atomic E-state index is 13.1. The van der Waals surface area contributed by atoms with E-state index in [2.05, 4.69) is 10.3 Å². The third-order valence-electron chi connectivity index (χ3n) is 2.74. The van der Waals surface area contributed by atoms with Gasteiger partial charge >= 0.3 is 5.97 Å². The van der Waals surface area contributed by atoms with Gasteiger partial charge in [-0.15, -0.1) is 0 Å². The maximum Gasteiger partial charge on any atom is 0.305 e. The molecule has 1 aromatic heterocycles. The van der Waals surface area contributed by atoms with Gasteiger partial charge in [0.15, 0.2) is 0 Å². The molecule has 0 aliphatic heterocycles. The number of aliphatic carboxylic acids is 1. The summed E-state index contributed by atoms with van der Waals surface area (Å²) < 4.78 is 13.1. The summed E-state index contributed by atoms with van der Waals surface area (Å²) in [6.45, 7) is 0.0882. The second-order valence-corrected chi connectivity index (χ2v) is 4.17. The SMILES string of the molecule is O=C(O)CCNC(=O)Cc1c[nH]c2ccc(F)cc12. The van der Waals surface area contributed by atoms with Gasteiger partial charge in [-0.3, -0.25) is 9.59 Å². The summed E-state index contributed by atoms with van der Waals surface area (Å²) in [5.41, 5.74) is 1.44. The highest BCUT2D eigenvalue weighted by molar-refractivity contribution is 5.89. The van der Waals surface area contributed by atoms with Crippen molar-refractivity contribution in [2.45, 2.75) is 12.8 Å². The fraction of sp³-hybridized carbons (Fsp3) is 0.231. The first-order chi connectivity index (χ1) is 9.06. The van der Waals surface area contributed by atoms with Crippen molar-refractivity contribution in [2.24, 2.45) is 0 Å². The van der Waals surface area contributed by atoms with Gasteiger partial charge in [0.25, 0.3) is 0 Å². The number of carbonyl (C=O) groups is 2. The Bertz CT molecular complexity index is 621. The molecule has 3 N–H and O–H groups in total. The predicted octanol–water partition coefficient (Wildman–Crippen LogP) is 1.44.